The van der Waals surface area contributed by atoms with Crippen molar-refractivity contribution in [1.29, 1.82) is 0 Å². The molecule has 0 N–H and O–H groups in total. The lowest BCUT2D eigenvalue weighted by Crippen LogP contribution is -2.28. The van der Waals surface area contributed by atoms with E-state index in [4.69, 9.17) is 16.3 Å². The zero-order chi connectivity index (χ0) is 9.42. The van der Waals surface area contributed by atoms with Crippen LogP contribution in [0.15, 0.2) is 18.2 Å². The van der Waals surface area contributed by atoms with Crippen molar-refractivity contribution < 1.29 is 9.53 Å². The molecule has 68 valence electrons. The van der Waals surface area contributed by atoms with Crippen molar-refractivity contribution in [2.45, 2.75) is 4.83 Å². The van der Waals surface area contributed by atoms with Gasteiger partial charge < -0.3 is 4.74 Å². The lowest BCUT2D eigenvalue weighted by Gasteiger charge is -2.20. The molecular weight excluding hydrogens is 255 g/mol. The Labute approximate surface area is 89.0 Å². The van der Waals surface area contributed by atoms with E-state index in [1.54, 1.807) is 18.2 Å². The number of carbonyl (C=O) groups excluding carboxylic acids is 1. The Morgan fingerprint density at radius 3 is 3.08 bits per heavy atom. The second-order valence-corrected chi connectivity index (χ2v) is 4.27. The summed E-state index contributed by atoms with van der Waals surface area (Å²) in [4.78, 5) is 11.3. The molecule has 1 aromatic carbocycles. The van der Waals surface area contributed by atoms with E-state index in [1.165, 1.54) is 0 Å². The van der Waals surface area contributed by atoms with Crippen LogP contribution in [-0.2, 0) is 0 Å². The number of ketones is 1. The lowest BCUT2D eigenvalue weighted by atomic mass is 10.1. The molecule has 0 saturated carbocycles. The van der Waals surface area contributed by atoms with E-state index in [0.29, 0.717) is 22.9 Å². The molecule has 0 aliphatic carbocycles. The first-order valence-corrected chi connectivity index (χ1v) is 5.09. The highest BCUT2D eigenvalue weighted by Crippen LogP contribution is 2.32. The van der Waals surface area contributed by atoms with Crippen molar-refractivity contribution in [1.82, 2.24) is 0 Å². The minimum atomic E-state index is -0.278. The van der Waals surface area contributed by atoms with Crippen molar-refractivity contribution in [3.8, 4) is 5.75 Å². The Morgan fingerprint density at radius 2 is 2.31 bits per heavy atom. The summed E-state index contributed by atoms with van der Waals surface area (Å²) in [7, 11) is 0. The van der Waals surface area contributed by atoms with E-state index in [0.717, 1.165) is 0 Å². The van der Waals surface area contributed by atoms with E-state index in [2.05, 4.69) is 15.9 Å². The van der Waals surface area contributed by atoms with Crippen LogP contribution in [-0.4, -0.2) is 17.2 Å². The molecule has 0 bridgehead atoms. The number of carbonyl (C=O) groups is 1. The van der Waals surface area contributed by atoms with Gasteiger partial charge in [-0.3, -0.25) is 4.79 Å². The van der Waals surface area contributed by atoms with Gasteiger partial charge in [0, 0.05) is 0 Å². The third kappa shape index (κ3) is 1.46. The zero-order valence-corrected chi connectivity index (χ0v) is 8.93. The molecule has 0 amide bonds. The van der Waals surface area contributed by atoms with Gasteiger partial charge in [0.2, 0.25) is 0 Å². The maximum absolute atomic E-state index is 11.6. The highest BCUT2D eigenvalue weighted by atomic mass is 79.9. The molecule has 0 spiro atoms. The van der Waals surface area contributed by atoms with Gasteiger partial charge in [-0.15, -0.1) is 0 Å². The van der Waals surface area contributed by atoms with Crippen LogP contribution in [0.4, 0.5) is 0 Å². The van der Waals surface area contributed by atoms with E-state index in [1.807, 2.05) is 0 Å². The van der Waals surface area contributed by atoms with Crippen molar-refractivity contribution in [3.05, 3.63) is 28.8 Å². The number of Topliss-reactive ketones (excluding diaryl/α,β-unsaturated/α-hetero) is 1. The highest BCUT2D eigenvalue weighted by molar-refractivity contribution is 9.10. The van der Waals surface area contributed by atoms with Gasteiger partial charge in [-0.25, -0.2) is 0 Å². The largest absolute Gasteiger partial charge is 0.491 e. The van der Waals surface area contributed by atoms with E-state index < -0.39 is 0 Å². The van der Waals surface area contributed by atoms with Crippen LogP contribution in [0.1, 0.15) is 10.4 Å². The van der Waals surface area contributed by atoms with Crippen LogP contribution in [0, 0.1) is 0 Å². The monoisotopic (exact) mass is 260 g/mol. The average molecular weight is 262 g/mol. The summed E-state index contributed by atoms with van der Waals surface area (Å²) in [5, 5.41) is 0.451. The highest BCUT2D eigenvalue weighted by Gasteiger charge is 2.28. The molecule has 1 heterocycles. The molecule has 4 heteroatoms. The molecular formula is C9H6BrClO2. The van der Waals surface area contributed by atoms with E-state index >= 15 is 0 Å². The second-order valence-electron chi connectivity index (χ2n) is 2.76. The average Bonchev–Trinajstić information content (AvgIpc) is 2.12. The van der Waals surface area contributed by atoms with Gasteiger partial charge in [0.15, 0.2) is 5.78 Å². The van der Waals surface area contributed by atoms with Gasteiger partial charge in [-0.1, -0.05) is 33.6 Å². The minimum absolute atomic E-state index is 0.00755. The topological polar surface area (TPSA) is 26.3 Å². The van der Waals surface area contributed by atoms with Gasteiger partial charge in [-0.05, 0) is 12.1 Å². The summed E-state index contributed by atoms with van der Waals surface area (Å²) in [5.41, 5.74) is 0.484. The van der Waals surface area contributed by atoms with Crippen LogP contribution < -0.4 is 4.74 Å². The third-order valence-electron chi connectivity index (χ3n) is 1.89. The fourth-order valence-corrected chi connectivity index (χ4v) is 1.88. The molecule has 1 aliphatic heterocycles. The van der Waals surface area contributed by atoms with Crippen molar-refractivity contribution in [3.63, 3.8) is 0 Å². The maximum atomic E-state index is 11.6. The molecule has 2 nitrogen and oxygen atoms in total. The summed E-state index contributed by atoms with van der Waals surface area (Å²) in [5.74, 6) is 0.569. The smallest absolute Gasteiger partial charge is 0.185 e. The number of hydrogen-bond acceptors (Lipinski definition) is 2. The molecule has 1 atom stereocenters. The quantitative estimate of drug-likeness (QED) is 0.671. The van der Waals surface area contributed by atoms with Crippen LogP contribution in [0.25, 0.3) is 0 Å². The molecule has 1 aromatic rings. The SMILES string of the molecule is O=C1c2c(Cl)cccc2OCC1Br. The van der Waals surface area contributed by atoms with Crippen molar-refractivity contribution in [2.75, 3.05) is 6.61 Å². The first-order valence-electron chi connectivity index (χ1n) is 3.80. The summed E-state index contributed by atoms with van der Waals surface area (Å²) >= 11 is 9.11. The number of halogens is 2. The molecule has 1 unspecified atom stereocenters. The summed E-state index contributed by atoms with van der Waals surface area (Å²) in [6, 6.07) is 5.20. The van der Waals surface area contributed by atoms with E-state index in [-0.39, 0.29) is 10.6 Å². The Kier molecular flexibility index (Phi) is 2.30. The molecule has 0 saturated heterocycles. The van der Waals surface area contributed by atoms with Crippen molar-refractivity contribution >= 4 is 33.3 Å². The first kappa shape index (κ1) is 9.03. The number of hydrogen-bond donors (Lipinski definition) is 0. The maximum Gasteiger partial charge on any atom is 0.185 e. The number of ether oxygens (including phenoxy) is 1. The minimum Gasteiger partial charge on any atom is -0.491 e. The molecule has 0 radical (unpaired) electrons. The third-order valence-corrected chi connectivity index (χ3v) is 2.89. The number of fused-ring (bicyclic) bond motifs is 1. The number of benzene rings is 1. The summed E-state index contributed by atoms with van der Waals surface area (Å²) in [6.07, 6.45) is 0. The van der Waals surface area contributed by atoms with E-state index in [9.17, 15) is 4.79 Å². The van der Waals surface area contributed by atoms with Gasteiger partial charge in [0.25, 0.3) is 0 Å². The fourth-order valence-electron chi connectivity index (χ4n) is 1.26. The second kappa shape index (κ2) is 3.31. The van der Waals surface area contributed by atoms with Gasteiger partial charge in [0.05, 0.1) is 10.6 Å². The predicted molar refractivity (Wildman–Crippen MR) is 54.0 cm³/mol. The van der Waals surface area contributed by atoms with Gasteiger partial charge >= 0.3 is 0 Å². The normalized spacial score (nSPS) is 20.8. The summed E-state index contributed by atoms with van der Waals surface area (Å²) < 4.78 is 5.33. The van der Waals surface area contributed by atoms with Gasteiger partial charge in [-0.2, -0.15) is 0 Å². The van der Waals surface area contributed by atoms with Crippen LogP contribution >= 0.6 is 27.5 Å². The lowest BCUT2D eigenvalue weighted by molar-refractivity contribution is 0.0946. The van der Waals surface area contributed by atoms with Gasteiger partial charge in [0.1, 0.15) is 17.2 Å². The van der Waals surface area contributed by atoms with Crippen LogP contribution in [0.3, 0.4) is 0 Å². The Bertz CT molecular complexity index is 365. The number of rotatable bonds is 0. The molecule has 1 aliphatic rings. The zero-order valence-electron chi connectivity index (χ0n) is 6.59. The predicted octanol–water partition coefficient (Wildman–Crippen LogP) is 2.68. The van der Waals surface area contributed by atoms with Crippen LogP contribution in [0.5, 0.6) is 5.75 Å². The molecule has 13 heavy (non-hydrogen) atoms. The molecule has 0 aromatic heterocycles. The number of alkyl halides is 1. The Morgan fingerprint density at radius 1 is 1.54 bits per heavy atom. The standard InChI is InChI=1S/C9H6BrClO2/c10-5-4-13-7-3-1-2-6(11)8(7)9(5)12/h1-3,5H,4H2. The molecule has 2 rings (SSSR count). The first-order chi connectivity index (χ1) is 6.20. The Hall–Kier alpha value is -0.540. The summed E-state index contributed by atoms with van der Waals surface area (Å²) in [6.45, 7) is 0.367. The Balaban J connectivity index is 2.57. The fraction of sp³-hybridized carbons (Fsp3) is 0.222. The van der Waals surface area contributed by atoms with Crippen LogP contribution in [0.2, 0.25) is 5.02 Å². The van der Waals surface area contributed by atoms with Crippen molar-refractivity contribution in [2.24, 2.45) is 0 Å². The molecule has 0 fully saturated rings.